The highest BCUT2D eigenvalue weighted by atomic mass is 32.2. The molecular formula is C8H14N2OS. The molecule has 1 fully saturated rings. The summed E-state index contributed by atoms with van der Waals surface area (Å²) in [7, 11) is -0.814. The van der Waals surface area contributed by atoms with Gasteiger partial charge in [-0.05, 0) is 19.8 Å². The van der Waals surface area contributed by atoms with Crippen molar-refractivity contribution < 1.29 is 4.21 Å². The highest BCUT2D eigenvalue weighted by Crippen LogP contribution is 2.25. The summed E-state index contributed by atoms with van der Waals surface area (Å²) in [6.07, 6.45) is 4.70. The number of nitrogens with one attached hydrogen (secondary N) is 1. The fraction of sp³-hybridized carbons (Fsp3) is 0.875. The summed E-state index contributed by atoms with van der Waals surface area (Å²) in [5, 5.41) is 5.15. The van der Waals surface area contributed by atoms with Gasteiger partial charge in [-0.2, -0.15) is 5.10 Å². The molecule has 0 aromatic carbocycles. The Labute approximate surface area is 75.1 Å². The van der Waals surface area contributed by atoms with Crippen molar-refractivity contribution in [3.05, 3.63) is 0 Å². The molecule has 3 unspecified atom stereocenters. The molecule has 0 bridgehead atoms. The summed E-state index contributed by atoms with van der Waals surface area (Å²) in [4.78, 5) is 0. The zero-order valence-corrected chi connectivity index (χ0v) is 8.06. The van der Waals surface area contributed by atoms with E-state index >= 15 is 0 Å². The smallest absolute Gasteiger partial charge is 0.121 e. The van der Waals surface area contributed by atoms with E-state index in [-0.39, 0.29) is 0 Å². The summed E-state index contributed by atoms with van der Waals surface area (Å²) >= 11 is 0. The molecule has 1 heterocycles. The fourth-order valence-corrected chi connectivity index (χ4v) is 3.40. The largest absolute Gasteiger partial charge is 0.305 e. The zero-order valence-electron chi connectivity index (χ0n) is 7.25. The van der Waals surface area contributed by atoms with Gasteiger partial charge in [-0.3, -0.25) is 4.21 Å². The summed E-state index contributed by atoms with van der Waals surface area (Å²) in [6.45, 7) is 1.84. The molecule has 4 heteroatoms. The summed E-state index contributed by atoms with van der Waals surface area (Å²) in [5.41, 5.74) is 3.10. The van der Waals surface area contributed by atoms with Gasteiger partial charge in [0.25, 0.3) is 0 Å². The second kappa shape index (κ2) is 3.17. The minimum Gasteiger partial charge on any atom is -0.305 e. The second-order valence-corrected chi connectivity index (χ2v) is 5.28. The van der Waals surface area contributed by atoms with Gasteiger partial charge >= 0.3 is 0 Å². The number of fused-ring (bicyclic) bond motifs is 1. The van der Waals surface area contributed by atoms with Crippen molar-refractivity contribution in [1.29, 1.82) is 0 Å². The van der Waals surface area contributed by atoms with E-state index in [0.29, 0.717) is 11.3 Å². The predicted molar refractivity (Wildman–Crippen MR) is 50.4 cm³/mol. The molecule has 3 nitrogen and oxygen atoms in total. The Balaban J connectivity index is 2.19. The number of rotatable bonds is 0. The molecule has 1 aliphatic heterocycles. The quantitative estimate of drug-likeness (QED) is 0.613. The molecule has 0 radical (unpaired) electrons. The first-order valence-corrected chi connectivity index (χ1v) is 5.71. The minimum absolute atomic E-state index is 0.330. The molecule has 1 saturated carbocycles. The van der Waals surface area contributed by atoms with Gasteiger partial charge in [0.1, 0.15) is 5.04 Å². The van der Waals surface area contributed by atoms with Crippen molar-refractivity contribution in [2.75, 3.05) is 0 Å². The van der Waals surface area contributed by atoms with Crippen LogP contribution in [0.3, 0.4) is 0 Å². The average Bonchev–Trinajstić information content (AvgIpc) is 2.12. The monoisotopic (exact) mass is 186 g/mol. The standard InChI is InChI=1S/C8H14N2OS/c1-6-9-10-7-4-2-3-5-8(7)12(6)11/h7-8,10H,2-5H2,1H3. The van der Waals surface area contributed by atoms with Crippen LogP contribution in [-0.4, -0.2) is 20.5 Å². The Morgan fingerprint density at radius 3 is 3.08 bits per heavy atom. The first-order valence-electron chi connectivity index (χ1n) is 4.49. The molecule has 0 aromatic heterocycles. The topological polar surface area (TPSA) is 41.5 Å². The van der Waals surface area contributed by atoms with Crippen LogP contribution in [0.2, 0.25) is 0 Å². The molecule has 2 aliphatic rings. The van der Waals surface area contributed by atoms with Gasteiger partial charge in [0.05, 0.1) is 22.1 Å². The fourth-order valence-electron chi connectivity index (χ4n) is 1.94. The van der Waals surface area contributed by atoms with Crippen LogP contribution in [0.1, 0.15) is 32.6 Å². The Hall–Kier alpha value is -0.380. The lowest BCUT2D eigenvalue weighted by molar-refractivity contribution is 0.382. The average molecular weight is 186 g/mol. The molecule has 0 spiro atoms. The number of hydrogen-bond donors (Lipinski definition) is 1. The van der Waals surface area contributed by atoms with Crippen LogP contribution < -0.4 is 5.43 Å². The maximum Gasteiger partial charge on any atom is 0.121 e. The van der Waals surface area contributed by atoms with Crippen molar-refractivity contribution >= 4 is 15.8 Å². The van der Waals surface area contributed by atoms with Crippen molar-refractivity contribution in [3.63, 3.8) is 0 Å². The lowest BCUT2D eigenvalue weighted by atomic mass is 9.95. The molecule has 0 saturated heterocycles. The molecule has 2 rings (SSSR count). The molecule has 0 amide bonds. The van der Waals surface area contributed by atoms with Crippen LogP contribution in [0.5, 0.6) is 0 Å². The molecular weight excluding hydrogens is 172 g/mol. The van der Waals surface area contributed by atoms with Gasteiger partial charge in [-0.1, -0.05) is 12.8 Å². The molecule has 1 aliphatic carbocycles. The van der Waals surface area contributed by atoms with Crippen LogP contribution in [0.25, 0.3) is 0 Å². The van der Waals surface area contributed by atoms with Gasteiger partial charge in [-0.25, -0.2) is 0 Å². The summed E-state index contributed by atoms with van der Waals surface area (Å²) in [5.74, 6) is 0. The minimum atomic E-state index is -0.814. The first kappa shape index (κ1) is 8.23. The Kier molecular flexibility index (Phi) is 2.17. The van der Waals surface area contributed by atoms with E-state index in [0.717, 1.165) is 17.9 Å². The molecule has 12 heavy (non-hydrogen) atoms. The third kappa shape index (κ3) is 1.28. The highest BCUT2D eigenvalue weighted by molar-refractivity contribution is 8.01. The number of hydrogen-bond acceptors (Lipinski definition) is 3. The van der Waals surface area contributed by atoms with Gasteiger partial charge in [0.2, 0.25) is 0 Å². The normalized spacial score (nSPS) is 41.1. The second-order valence-electron chi connectivity index (χ2n) is 3.49. The van der Waals surface area contributed by atoms with Crippen LogP contribution in [0.15, 0.2) is 5.10 Å². The lowest BCUT2D eigenvalue weighted by Gasteiger charge is -2.33. The lowest BCUT2D eigenvalue weighted by Crippen LogP contribution is -2.47. The third-order valence-electron chi connectivity index (χ3n) is 2.66. The molecule has 3 atom stereocenters. The van der Waals surface area contributed by atoms with Crippen LogP contribution in [-0.2, 0) is 10.8 Å². The van der Waals surface area contributed by atoms with Crippen LogP contribution in [0, 0.1) is 0 Å². The predicted octanol–water partition coefficient (Wildman–Crippen LogP) is 0.983. The number of nitrogens with zero attached hydrogens (tertiary/aromatic N) is 1. The van der Waals surface area contributed by atoms with E-state index in [4.69, 9.17) is 0 Å². The molecule has 1 N–H and O–H groups in total. The third-order valence-corrected chi connectivity index (χ3v) is 4.44. The van der Waals surface area contributed by atoms with Crippen LogP contribution >= 0.6 is 0 Å². The van der Waals surface area contributed by atoms with E-state index in [9.17, 15) is 4.21 Å². The van der Waals surface area contributed by atoms with Gasteiger partial charge in [0.15, 0.2) is 0 Å². The molecule has 0 aromatic rings. The maximum atomic E-state index is 11.7. The summed E-state index contributed by atoms with van der Waals surface area (Å²) in [6, 6.07) is 0.378. The van der Waals surface area contributed by atoms with Gasteiger partial charge in [0, 0.05) is 0 Å². The zero-order chi connectivity index (χ0) is 8.55. The molecule has 68 valence electrons. The van der Waals surface area contributed by atoms with Crippen molar-refractivity contribution in [3.8, 4) is 0 Å². The Morgan fingerprint density at radius 2 is 2.25 bits per heavy atom. The summed E-state index contributed by atoms with van der Waals surface area (Å²) < 4.78 is 11.7. The van der Waals surface area contributed by atoms with E-state index in [1.165, 1.54) is 12.8 Å². The van der Waals surface area contributed by atoms with Crippen molar-refractivity contribution in [1.82, 2.24) is 5.43 Å². The maximum absolute atomic E-state index is 11.7. The van der Waals surface area contributed by atoms with Crippen LogP contribution in [0.4, 0.5) is 0 Å². The van der Waals surface area contributed by atoms with E-state index in [1.807, 2.05) is 6.92 Å². The van der Waals surface area contributed by atoms with E-state index < -0.39 is 10.8 Å². The SMILES string of the molecule is CC1=NNC2CCCCC2S1=O. The van der Waals surface area contributed by atoms with E-state index in [2.05, 4.69) is 10.5 Å². The van der Waals surface area contributed by atoms with Crippen molar-refractivity contribution in [2.45, 2.75) is 43.9 Å². The Morgan fingerprint density at radius 1 is 1.50 bits per heavy atom. The van der Waals surface area contributed by atoms with Gasteiger partial charge < -0.3 is 5.43 Å². The van der Waals surface area contributed by atoms with E-state index in [1.54, 1.807) is 0 Å². The van der Waals surface area contributed by atoms with Crippen molar-refractivity contribution in [2.24, 2.45) is 5.10 Å². The van der Waals surface area contributed by atoms with Gasteiger partial charge in [-0.15, -0.1) is 0 Å². The number of hydrazone groups is 1. The first-order chi connectivity index (χ1) is 5.79. The highest BCUT2D eigenvalue weighted by Gasteiger charge is 2.33. The Bertz CT molecular complexity index is 239.